The Morgan fingerprint density at radius 2 is 2.60 bits per heavy atom. The van der Waals surface area contributed by atoms with Gasteiger partial charge in [-0.05, 0) is 5.92 Å². The van der Waals surface area contributed by atoms with Crippen LogP contribution in [0.15, 0.2) is 10.6 Å². The maximum Gasteiger partial charge on any atom is 0.203 e. The number of ketones is 1. The highest BCUT2D eigenvalue weighted by molar-refractivity contribution is 5.91. The summed E-state index contributed by atoms with van der Waals surface area (Å²) in [5, 5.41) is 3.42. The molecule has 50 valence electrons. The van der Waals surface area contributed by atoms with Gasteiger partial charge in [0.1, 0.15) is 0 Å². The van der Waals surface area contributed by atoms with Crippen molar-refractivity contribution in [3.8, 4) is 12.3 Å². The molecule has 1 aromatic heterocycles. The topological polar surface area (TPSA) is 43.1 Å². The zero-order chi connectivity index (χ0) is 7.56. The van der Waals surface area contributed by atoms with E-state index in [9.17, 15) is 4.79 Å². The molecule has 0 saturated carbocycles. The average molecular weight is 135 g/mol. The summed E-state index contributed by atoms with van der Waals surface area (Å²) >= 11 is 0. The molecule has 0 aliphatic rings. The minimum absolute atomic E-state index is 0.172. The van der Waals surface area contributed by atoms with Crippen LogP contribution in [0.4, 0.5) is 0 Å². The van der Waals surface area contributed by atoms with E-state index in [0.29, 0.717) is 5.69 Å². The Balaban J connectivity index is 3.02. The lowest BCUT2D eigenvalue weighted by Crippen LogP contribution is -1.85. The fourth-order valence-corrected chi connectivity index (χ4v) is 0.509. The molecule has 0 fully saturated rings. The normalized spacial score (nSPS) is 8.80. The molecule has 0 aliphatic heterocycles. The van der Waals surface area contributed by atoms with E-state index in [1.807, 2.05) is 0 Å². The van der Waals surface area contributed by atoms with Gasteiger partial charge in [0, 0.05) is 13.0 Å². The first-order chi connectivity index (χ1) is 4.74. The second kappa shape index (κ2) is 2.36. The third-order valence-corrected chi connectivity index (χ3v) is 1.01. The Labute approximate surface area is 58.0 Å². The van der Waals surface area contributed by atoms with Crippen molar-refractivity contribution in [3.63, 3.8) is 0 Å². The number of rotatable bonds is 1. The SMILES string of the molecule is C#Cc1cc(C(C)=O)on1. The molecule has 0 radical (unpaired) electrons. The lowest BCUT2D eigenvalue weighted by Gasteiger charge is -1.77. The summed E-state index contributed by atoms with van der Waals surface area (Å²) in [5.74, 6) is 2.27. The summed E-state index contributed by atoms with van der Waals surface area (Å²) in [6.07, 6.45) is 4.98. The molecule has 3 nitrogen and oxygen atoms in total. The minimum atomic E-state index is -0.172. The highest BCUT2D eigenvalue weighted by Gasteiger charge is 2.05. The van der Waals surface area contributed by atoms with E-state index in [4.69, 9.17) is 6.42 Å². The van der Waals surface area contributed by atoms with Crippen LogP contribution in [0.2, 0.25) is 0 Å². The van der Waals surface area contributed by atoms with Crippen molar-refractivity contribution in [1.29, 1.82) is 0 Å². The van der Waals surface area contributed by atoms with Gasteiger partial charge in [-0.3, -0.25) is 4.79 Å². The Morgan fingerprint density at radius 1 is 1.90 bits per heavy atom. The van der Waals surface area contributed by atoms with Crippen molar-refractivity contribution in [2.24, 2.45) is 0 Å². The lowest BCUT2D eigenvalue weighted by atomic mass is 10.3. The molecule has 0 N–H and O–H groups in total. The second-order valence-electron chi connectivity index (χ2n) is 1.78. The summed E-state index contributed by atoms with van der Waals surface area (Å²) in [6.45, 7) is 1.39. The van der Waals surface area contributed by atoms with Gasteiger partial charge in [-0.25, -0.2) is 0 Å². The van der Waals surface area contributed by atoms with Crippen molar-refractivity contribution in [1.82, 2.24) is 5.16 Å². The van der Waals surface area contributed by atoms with E-state index in [1.54, 1.807) is 0 Å². The number of aromatic nitrogens is 1. The van der Waals surface area contributed by atoms with E-state index in [1.165, 1.54) is 13.0 Å². The largest absolute Gasteiger partial charge is 0.352 e. The molecule has 0 unspecified atom stereocenters. The number of terminal acetylenes is 1. The molecule has 0 bridgehead atoms. The van der Waals surface area contributed by atoms with Crippen LogP contribution in [0, 0.1) is 12.3 Å². The van der Waals surface area contributed by atoms with Gasteiger partial charge in [0.05, 0.1) is 0 Å². The molecule has 10 heavy (non-hydrogen) atoms. The van der Waals surface area contributed by atoms with Crippen LogP contribution in [0.5, 0.6) is 0 Å². The lowest BCUT2D eigenvalue weighted by molar-refractivity contribution is 0.0978. The highest BCUT2D eigenvalue weighted by atomic mass is 16.5. The summed E-state index contributed by atoms with van der Waals surface area (Å²) in [7, 11) is 0. The van der Waals surface area contributed by atoms with Gasteiger partial charge >= 0.3 is 0 Å². The maximum absolute atomic E-state index is 10.6. The standard InChI is InChI=1S/C7H5NO2/c1-3-6-4-7(5(2)9)10-8-6/h1,4H,2H3. The number of carbonyl (C=O) groups is 1. The van der Waals surface area contributed by atoms with E-state index in [-0.39, 0.29) is 11.5 Å². The monoisotopic (exact) mass is 135 g/mol. The maximum atomic E-state index is 10.6. The van der Waals surface area contributed by atoms with Gasteiger partial charge in [-0.15, -0.1) is 6.42 Å². The van der Waals surface area contributed by atoms with Crippen LogP contribution in [0.25, 0.3) is 0 Å². The van der Waals surface area contributed by atoms with Crippen LogP contribution < -0.4 is 0 Å². The van der Waals surface area contributed by atoms with Crippen LogP contribution >= 0.6 is 0 Å². The van der Waals surface area contributed by atoms with Gasteiger partial charge in [-0.2, -0.15) is 0 Å². The quantitative estimate of drug-likeness (QED) is 0.423. The van der Waals surface area contributed by atoms with E-state index in [2.05, 4.69) is 15.6 Å². The molecule has 3 heteroatoms. The summed E-state index contributed by atoms with van der Waals surface area (Å²) < 4.78 is 4.57. The molecular formula is C7H5NO2. The first kappa shape index (κ1) is 6.56. The zero-order valence-electron chi connectivity index (χ0n) is 5.42. The summed E-state index contributed by atoms with van der Waals surface area (Å²) in [4.78, 5) is 10.6. The Morgan fingerprint density at radius 3 is 2.90 bits per heavy atom. The molecule has 1 heterocycles. The predicted octanol–water partition coefficient (Wildman–Crippen LogP) is 0.859. The molecule has 0 aromatic carbocycles. The molecule has 0 atom stereocenters. The third kappa shape index (κ3) is 1.06. The van der Waals surface area contributed by atoms with Crippen LogP contribution in [0.1, 0.15) is 23.2 Å². The molecule has 0 amide bonds. The van der Waals surface area contributed by atoms with Crippen LogP contribution in [-0.2, 0) is 0 Å². The number of nitrogens with zero attached hydrogens (tertiary/aromatic N) is 1. The van der Waals surface area contributed by atoms with Crippen LogP contribution in [0.3, 0.4) is 0 Å². The Bertz CT molecular complexity index is 293. The summed E-state index contributed by atoms with van der Waals surface area (Å²) in [5.41, 5.74) is 0.352. The number of Topliss-reactive ketones (excluding diaryl/α,β-unsaturated/α-hetero) is 1. The van der Waals surface area contributed by atoms with Gasteiger partial charge in [0.2, 0.25) is 5.76 Å². The fraction of sp³-hybridized carbons (Fsp3) is 0.143. The van der Waals surface area contributed by atoms with Crippen molar-refractivity contribution in [2.45, 2.75) is 6.92 Å². The Kier molecular flexibility index (Phi) is 1.55. The van der Waals surface area contributed by atoms with Gasteiger partial charge in [-0.1, -0.05) is 5.16 Å². The van der Waals surface area contributed by atoms with Gasteiger partial charge in [0.15, 0.2) is 11.5 Å². The predicted molar refractivity (Wildman–Crippen MR) is 34.4 cm³/mol. The fourth-order valence-electron chi connectivity index (χ4n) is 0.509. The first-order valence-corrected chi connectivity index (χ1v) is 2.68. The van der Waals surface area contributed by atoms with Crippen LogP contribution in [-0.4, -0.2) is 10.9 Å². The average Bonchev–Trinajstić information content (AvgIpc) is 2.34. The van der Waals surface area contributed by atoms with Crippen molar-refractivity contribution >= 4 is 5.78 Å². The third-order valence-electron chi connectivity index (χ3n) is 1.01. The number of hydrogen-bond donors (Lipinski definition) is 0. The second-order valence-corrected chi connectivity index (χ2v) is 1.78. The molecule has 0 aliphatic carbocycles. The van der Waals surface area contributed by atoms with Crippen molar-refractivity contribution in [2.75, 3.05) is 0 Å². The summed E-state index contributed by atoms with van der Waals surface area (Å²) in [6, 6.07) is 1.43. The van der Waals surface area contributed by atoms with Crippen molar-refractivity contribution in [3.05, 3.63) is 17.5 Å². The molecule has 0 spiro atoms. The highest BCUT2D eigenvalue weighted by Crippen LogP contribution is 2.01. The zero-order valence-corrected chi connectivity index (χ0v) is 5.42. The minimum Gasteiger partial charge on any atom is -0.352 e. The molecular weight excluding hydrogens is 130 g/mol. The van der Waals surface area contributed by atoms with Crippen molar-refractivity contribution < 1.29 is 9.32 Å². The van der Waals surface area contributed by atoms with E-state index in [0.717, 1.165) is 0 Å². The molecule has 0 saturated heterocycles. The number of hydrogen-bond acceptors (Lipinski definition) is 3. The first-order valence-electron chi connectivity index (χ1n) is 2.68. The Hall–Kier alpha value is -1.56. The molecule has 1 rings (SSSR count). The molecule has 1 aromatic rings. The van der Waals surface area contributed by atoms with Gasteiger partial charge < -0.3 is 4.52 Å². The van der Waals surface area contributed by atoms with E-state index >= 15 is 0 Å². The number of carbonyl (C=O) groups excluding carboxylic acids is 1. The van der Waals surface area contributed by atoms with E-state index < -0.39 is 0 Å². The smallest absolute Gasteiger partial charge is 0.203 e. The van der Waals surface area contributed by atoms with Gasteiger partial charge in [0.25, 0.3) is 0 Å².